The molecule has 54 heavy (non-hydrogen) atoms. The third-order valence-electron chi connectivity index (χ3n) is 12.8. The van der Waals surface area contributed by atoms with E-state index >= 15 is 0 Å². The zero-order valence-corrected chi connectivity index (χ0v) is 35.8. The van der Waals surface area contributed by atoms with E-state index in [1.54, 1.807) is 0 Å². The molecule has 0 N–H and O–H groups in total. The van der Waals surface area contributed by atoms with E-state index in [-0.39, 0.29) is 37.8 Å². The topological polar surface area (TPSA) is 48.6 Å². The van der Waals surface area contributed by atoms with E-state index in [0.29, 0.717) is 17.4 Å². The fraction of sp³-hybridized carbons (Fsp3) is 0.375. The molecule has 2 aliphatic heterocycles. The van der Waals surface area contributed by atoms with Gasteiger partial charge in [0.2, 0.25) is 0 Å². The summed E-state index contributed by atoms with van der Waals surface area (Å²) in [5.74, 6) is 2.19. The van der Waals surface area contributed by atoms with Crippen molar-refractivity contribution >= 4 is 27.8 Å². The maximum atomic E-state index is 6.92. The van der Waals surface area contributed by atoms with Crippen LogP contribution in [0.25, 0.3) is 27.6 Å². The van der Waals surface area contributed by atoms with Gasteiger partial charge in [-0.05, 0) is 90.5 Å². The molecule has 4 aromatic carbocycles. The number of hydrogen-bond donors (Lipinski definition) is 0. The van der Waals surface area contributed by atoms with Crippen LogP contribution in [0.1, 0.15) is 124 Å². The van der Waals surface area contributed by atoms with Gasteiger partial charge in [-0.25, -0.2) is 4.98 Å². The van der Waals surface area contributed by atoms with Crippen molar-refractivity contribution in [1.29, 1.82) is 0 Å². The number of ether oxygens (including phenoxy) is 2. The van der Waals surface area contributed by atoms with E-state index in [1.165, 1.54) is 49.8 Å². The molecule has 0 saturated carbocycles. The summed E-state index contributed by atoms with van der Waals surface area (Å²) in [6.07, 6.45) is 2.73. The number of benzene rings is 4. The van der Waals surface area contributed by atoms with Crippen LogP contribution in [0.4, 0.5) is 0 Å². The van der Waals surface area contributed by atoms with Gasteiger partial charge in [0, 0.05) is 40.5 Å². The molecule has 2 aromatic heterocycles. The molecule has 278 valence electrons. The van der Waals surface area contributed by atoms with Crippen LogP contribution in [0.15, 0.2) is 65.8 Å². The summed E-state index contributed by atoms with van der Waals surface area (Å²) in [7, 11) is 0. The normalized spacial score (nSPS) is 20.7. The number of rotatable bonds is 4. The maximum Gasteiger partial charge on any atom is 2.00 e. The number of aromatic nitrogens is 2. The van der Waals surface area contributed by atoms with E-state index in [2.05, 4.69) is 148 Å². The summed E-state index contributed by atoms with van der Waals surface area (Å²) < 4.78 is 16.1. The third-order valence-corrected chi connectivity index (χ3v) is 12.8. The first-order valence-electron chi connectivity index (χ1n) is 19.1. The Bertz CT molecular complexity index is 2600. The molecule has 3 aliphatic rings. The molecule has 0 radical (unpaired) electrons. The molecule has 0 bridgehead atoms. The molecule has 1 aliphatic carbocycles. The summed E-state index contributed by atoms with van der Waals surface area (Å²) in [6.45, 7) is 26.9. The SMILES string of the molecule is Cc1cc2c([c-]c1Oc1[c-]c(C3=N[C@]4(C)Cc5c(ccc(C)c5C)[C@]4(C)O3)cc(C(C)C)c1)-n1c3ncccc3c3cc(C(C)(C)C)cc(c31)C2(C)C.[Pt+2]. The van der Waals surface area contributed by atoms with E-state index < -0.39 is 11.1 Å². The molecule has 6 heteroatoms. The predicted molar refractivity (Wildman–Crippen MR) is 215 cm³/mol. The second-order valence-electron chi connectivity index (χ2n) is 18.0. The second-order valence-corrected chi connectivity index (χ2v) is 18.0. The number of hydrogen-bond acceptors (Lipinski definition) is 4. The van der Waals surface area contributed by atoms with Crippen LogP contribution < -0.4 is 4.74 Å². The minimum atomic E-state index is -0.558. The van der Waals surface area contributed by atoms with Gasteiger partial charge in [0.05, 0.1) is 11.1 Å². The molecular weight excluding hydrogens is 846 g/mol. The Balaban J connectivity index is 0.00000413. The Kier molecular flexibility index (Phi) is 8.09. The second kappa shape index (κ2) is 11.9. The number of fused-ring (bicyclic) bond motifs is 8. The molecule has 6 aromatic rings. The zero-order chi connectivity index (χ0) is 37.6. The quantitative estimate of drug-likeness (QED) is 0.166. The molecule has 5 nitrogen and oxygen atoms in total. The van der Waals surface area contributed by atoms with Gasteiger partial charge in [-0.15, -0.1) is 28.8 Å². The van der Waals surface area contributed by atoms with Gasteiger partial charge in [-0.2, -0.15) is 6.07 Å². The Hall–Kier alpha value is -4.21. The standard InChI is InChI=1S/C48H49N3O2.Pt/c1-26(2)30-19-31(44-50-47(11)25-36-29(5)27(3)15-16-37(36)48(47,12)53-44)21-33(20-30)52-41-24-40-38(18-28(41)4)46(9,10)39-23-32(45(6,7)8)22-35-34-14-13-17-49-43(34)51(40)42(35)39;/h13-20,22-23,26H,25H2,1-12H3;/q-2;+2/t47-,48+;/m1./s1. The van der Waals surface area contributed by atoms with Gasteiger partial charge in [-0.1, -0.05) is 97.0 Å². The fourth-order valence-electron chi connectivity index (χ4n) is 9.02. The average Bonchev–Trinajstić information content (AvgIpc) is 3.65. The zero-order valence-electron chi connectivity index (χ0n) is 33.5. The Morgan fingerprint density at radius 1 is 0.870 bits per heavy atom. The minimum absolute atomic E-state index is 0. The molecule has 4 heterocycles. The smallest absolute Gasteiger partial charge is 0.508 e. The van der Waals surface area contributed by atoms with Gasteiger partial charge in [0.15, 0.2) is 0 Å². The molecule has 2 atom stereocenters. The molecule has 0 fully saturated rings. The monoisotopic (exact) mass is 894 g/mol. The fourth-order valence-corrected chi connectivity index (χ4v) is 9.02. The van der Waals surface area contributed by atoms with Gasteiger partial charge in [0.25, 0.3) is 0 Å². The van der Waals surface area contributed by atoms with Crippen LogP contribution in [0.5, 0.6) is 11.5 Å². The first-order chi connectivity index (χ1) is 24.9. The van der Waals surface area contributed by atoms with Crippen molar-refractivity contribution in [2.24, 2.45) is 4.99 Å². The third kappa shape index (κ3) is 5.06. The summed E-state index contributed by atoms with van der Waals surface area (Å²) in [6, 6.07) is 27.4. The number of pyridine rings is 1. The molecule has 0 unspecified atom stereocenters. The van der Waals surface area contributed by atoms with Crippen LogP contribution >= 0.6 is 0 Å². The van der Waals surface area contributed by atoms with E-state index in [1.807, 2.05) is 12.3 Å². The summed E-state index contributed by atoms with van der Waals surface area (Å²) in [5.41, 5.74) is 13.9. The van der Waals surface area contributed by atoms with Crippen molar-refractivity contribution in [2.45, 2.75) is 117 Å². The number of aryl methyl sites for hydroxylation is 2. The minimum Gasteiger partial charge on any atom is -0.508 e. The van der Waals surface area contributed by atoms with Gasteiger partial charge in [0.1, 0.15) is 17.1 Å². The van der Waals surface area contributed by atoms with Crippen molar-refractivity contribution in [3.8, 4) is 17.2 Å². The number of nitrogens with zero attached hydrogens (tertiary/aromatic N) is 3. The Morgan fingerprint density at radius 2 is 1.63 bits per heavy atom. The Morgan fingerprint density at radius 3 is 2.35 bits per heavy atom. The van der Waals surface area contributed by atoms with Crippen LogP contribution in [-0.2, 0) is 48.7 Å². The summed E-state index contributed by atoms with van der Waals surface area (Å²) in [4.78, 5) is 10.3. The van der Waals surface area contributed by atoms with Crippen molar-refractivity contribution in [3.63, 3.8) is 0 Å². The molecule has 9 rings (SSSR count). The van der Waals surface area contributed by atoms with E-state index in [4.69, 9.17) is 19.5 Å². The van der Waals surface area contributed by atoms with Crippen molar-refractivity contribution in [1.82, 2.24) is 9.55 Å². The van der Waals surface area contributed by atoms with Crippen LogP contribution in [0.2, 0.25) is 0 Å². The van der Waals surface area contributed by atoms with Crippen molar-refractivity contribution in [3.05, 3.63) is 129 Å². The summed E-state index contributed by atoms with van der Waals surface area (Å²) in [5, 5.41) is 2.38. The molecule has 0 amide bonds. The van der Waals surface area contributed by atoms with Gasteiger partial charge < -0.3 is 14.0 Å². The van der Waals surface area contributed by atoms with Crippen LogP contribution in [0, 0.1) is 32.9 Å². The molecule has 0 spiro atoms. The first kappa shape index (κ1) is 36.7. The van der Waals surface area contributed by atoms with Crippen LogP contribution in [-0.4, -0.2) is 21.0 Å². The molecular formula is C48H49N3O2Pt. The summed E-state index contributed by atoms with van der Waals surface area (Å²) >= 11 is 0. The van der Waals surface area contributed by atoms with E-state index in [0.717, 1.165) is 39.8 Å². The Labute approximate surface area is 334 Å². The first-order valence-corrected chi connectivity index (χ1v) is 19.1. The largest absolute Gasteiger partial charge is 2.00 e. The molecule has 0 saturated heterocycles. The predicted octanol–water partition coefficient (Wildman–Crippen LogP) is 11.6. The van der Waals surface area contributed by atoms with Gasteiger partial charge in [-0.3, -0.25) is 4.99 Å². The van der Waals surface area contributed by atoms with Crippen molar-refractivity contribution in [2.75, 3.05) is 0 Å². The van der Waals surface area contributed by atoms with Crippen molar-refractivity contribution < 1.29 is 30.5 Å². The van der Waals surface area contributed by atoms with E-state index in [9.17, 15) is 0 Å². The number of aliphatic imine (C=N–C) groups is 1. The van der Waals surface area contributed by atoms with Gasteiger partial charge >= 0.3 is 21.1 Å². The maximum absolute atomic E-state index is 6.92. The average molecular weight is 895 g/mol. The van der Waals surface area contributed by atoms with Crippen LogP contribution in [0.3, 0.4) is 0 Å².